The minimum Gasteiger partial charge on any atom is -0.394 e. The average molecular weight is 150 g/mol. The molecule has 2 unspecified atom stereocenters. The molecule has 1 saturated heterocycles. The molecule has 3 atom stereocenters. The Morgan fingerprint density at radius 3 is 2.56 bits per heavy atom. The van der Waals surface area contributed by atoms with Crippen molar-refractivity contribution in [3.8, 4) is 0 Å². The molecular weight excluding hydrogens is 140 g/mol. The van der Waals surface area contributed by atoms with Gasteiger partial charge in [0.25, 0.3) is 0 Å². The van der Waals surface area contributed by atoms with Gasteiger partial charge in [-0.1, -0.05) is 0 Å². The van der Waals surface area contributed by atoms with Crippen LogP contribution in [-0.4, -0.2) is 34.3 Å². The Morgan fingerprint density at radius 2 is 2.33 bits per heavy atom. The first-order valence-corrected chi connectivity index (χ1v) is 3.67. The summed E-state index contributed by atoms with van der Waals surface area (Å²) in [5.74, 6) is 0. The molecule has 9 heavy (non-hydrogen) atoms. The van der Waals surface area contributed by atoms with E-state index in [-0.39, 0.29) is 18.0 Å². The van der Waals surface area contributed by atoms with Gasteiger partial charge in [0.15, 0.2) is 0 Å². The van der Waals surface area contributed by atoms with Gasteiger partial charge in [-0.3, -0.25) is 0 Å². The molecule has 0 radical (unpaired) electrons. The molecule has 4 heteroatoms. The standard InChI is InChI=1S/C5H10O3S/c1-3-5(7)4(2-6)8-9-3/h3-7H,2H2,1H3/t3?,4?,5-/m0/s1. The molecule has 2 N–H and O–H groups in total. The Morgan fingerprint density at radius 1 is 1.67 bits per heavy atom. The second-order valence-electron chi connectivity index (χ2n) is 2.11. The highest BCUT2D eigenvalue weighted by Crippen LogP contribution is 2.29. The number of aliphatic hydroxyl groups is 2. The molecule has 1 heterocycles. The maximum absolute atomic E-state index is 9.15. The molecule has 0 aromatic heterocycles. The molecule has 0 spiro atoms. The van der Waals surface area contributed by atoms with Crippen molar-refractivity contribution in [1.82, 2.24) is 0 Å². The lowest BCUT2D eigenvalue weighted by Crippen LogP contribution is -2.30. The zero-order valence-electron chi connectivity index (χ0n) is 5.15. The van der Waals surface area contributed by atoms with E-state index in [9.17, 15) is 0 Å². The van der Waals surface area contributed by atoms with Crippen LogP contribution in [0.2, 0.25) is 0 Å². The monoisotopic (exact) mass is 150 g/mol. The molecule has 0 aromatic rings. The molecule has 1 fully saturated rings. The quantitative estimate of drug-likeness (QED) is 0.507. The van der Waals surface area contributed by atoms with E-state index < -0.39 is 6.10 Å². The predicted octanol–water partition coefficient (Wildman–Crippen LogP) is -0.225. The fraction of sp³-hybridized carbons (Fsp3) is 1.00. The molecule has 1 rings (SSSR count). The van der Waals surface area contributed by atoms with Gasteiger partial charge in [-0.2, -0.15) is 0 Å². The third kappa shape index (κ3) is 1.38. The first-order chi connectivity index (χ1) is 4.25. The van der Waals surface area contributed by atoms with E-state index in [1.54, 1.807) is 0 Å². The number of hydrogen-bond acceptors (Lipinski definition) is 4. The van der Waals surface area contributed by atoms with Crippen LogP contribution in [0.3, 0.4) is 0 Å². The van der Waals surface area contributed by atoms with Crippen molar-refractivity contribution >= 4 is 12.0 Å². The van der Waals surface area contributed by atoms with Crippen LogP contribution in [0.4, 0.5) is 0 Å². The summed E-state index contributed by atoms with van der Waals surface area (Å²) >= 11 is 1.23. The van der Waals surface area contributed by atoms with Crippen molar-refractivity contribution in [3.05, 3.63) is 0 Å². The van der Waals surface area contributed by atoms with Crippen LogP contribution < -0.4 is 0 Å². The third-order valence-corrected chi connectivity index (χ3v) is 2.31. The minimum atomic E-state index is -0.514. The van der Waals surface area contributed by atoms with Crippen molar-refractivity contribution in [3.63, 3.8) is 0 Å². The van der Waals surface area contributed by atoms with Gasteiger partial charge in [0.1, 0.15) is 6.10 Å². The largest absolute Gasteiger partial charge is 0.394 e. The van der Waals surface area contributed by atoms with Gasteiger partial charge in [0.05, 0.1) is 18.0 Å². The molecule has 3 nitrogen and oxygen atoms in total. The summed E-state index contributed by atoms with van der Waals surface area (Å²) in [4.78, 5) is 0. The number of hydrogen-bond donors (Lipinski definition) is 2. The summed E-state index contributed by atoms with van der Waals surface area (Å²) < 4.78 is 4.94. The lowest BCUT2D eigenvalue weighted by molar-refractivity contribution is 0.0361. The zero-order chi connectivity index (χ0) is 6.85. The summed E-state index contributed by atoms with van der Waals surface area (Å²) in [5, 5.41) is 17.8. The summed E-state index contributed by atoms with van der Waals surface area (Å²) in [6, 6.07) is 0. The Kier molecular flexibility index (Phi) is 2.35. The molecule has 0 amide bonds. The van der Waals surface area contributed by atoms with E-state index in [2.05, 4.69) is 0 Å². The highest BCUT2D eigenvalue weighted by Gasteiger charge is 2.33. The van der Waals surface area contributed by atoms with Gasteiger partial charge in [-0.25, -0.2) is 0 Å². The maximum atomic E-state index is 9.15. The topological polar surface area (TPSA) is 49.7 Å². The van der Waals surface area contributed by atoms with Crippen molar-refractivity contribution in [1.29, 1.82) is 0 Å². The van der Waals surface area contributed by atoms with Crippen LogP contribution in [-0.2, 0) is 4.18 Å². The van der Waals surface area contributed by atoms with E-state index in [1.165, 1.54) is 12.0 Å². The predicted molar refractivity (Wildman–Crippen MR) is 35.0 cm³/mol. The fourth-order valence-corrected chi connectivity index (χ4v) is 1.50. The van der Waals surface area contributed by atoms with E-state index >= 15 is 0 Å². The summed E-state index contributed by atoms with van der Waals surface area (Å²) in [6.45, 7) is 1.77. The fourth-order valence-electron chi connectivity index (χ4n) is 0.714. The molecule has 0 aromatic carbocycles. The average Bonchev–Trinajstić information content (AvgIpc) is 2.15. The van der Waals surface area contributed by atoms with E-state index in [0.717, 1.165) is 0 Å². The smallest absolute Gasteiger partial charge is 0.122 e. The first-order valence-electron chi connectivity index (χ1n) is 2.86. The lowest BCUT2D eigenvalue weighted by atomic mass is 10.2. The summed E-state index contributed by atoms with van der Waals surface area (Å²) in [7, 11) is 0. The third-order valence-electron chi connectivity index (χ3n) is 1.37. The summed E-state index contributed by atoms with van der Waals surface area (Å²) in [5.41, 5.74) is 0. The van der Waals surface area contributed by atoms with Gasteiger partial charge in [-0.15, -0.1) is 0 Å². The van der Waals surface area contributed by atoms with E-state index in [4.69, 9.17) is 14.4 Å². The molecule has 54 valence electrons. The summed E-state index contributed by atoms with van der Waals surface area (Å²) in [6.07, 6.45) is -0.898. The van der Waals surface area contributed by atoms with Crippen molar-refractivity contribution in [2.45, 2.75) is 24.4 Å². The SMILES string of the molecule is CC1SOC(CO)[C@H]1O. The minimum absolute atomic E-state index is 0.0853. The highest BCUT2D eigenvalue weighted by atomic mass is 32.2. The Bertz CT molecular complexity index is 98.2. The molecule has 0 aliphatic carbocycles. The Labute approximate surface area is 58.2 Å². The maximum Gasteiger partial charge on any atom is 0.122 e. The molecular formula is C5H10O3S. The normalized spacial score (nSPS) is 43.7. The molecule has 0 bridgehead atoms. The second kappa shape index (κ2) is 2.88. The van der Waals surface area contributed by atoms with Crippen LogP contribution in [0.1, 0.15) is 6.92 Å². The number of rotatable bonds is 1. The van der Waals surface area contributed by atoms with Gasteiger partial charge >= 0.3 is 0 Å². The van der Waals surface area contributed by atoms with Gasteiger partial charge in [0, 0.05) is 0 Å². The van der Waals surface area contributed by atoms with Crippen molar-refractivity contribution < 1.29 is 14.4 Å². The lowest BCUT2D eigenvalue weighted by Gasteiger charge is -2.09. The van der Waals surface area contributed by atoms with Gasteiger partial charge in [-0.05, 0) is 19.0 Å². The van der Waals surface area contributed by atoms with Crippen molar-refractivity contribution in [2.24, 2.45) is 0 Å². The van der Waals surface area contributed by atoms with E-state index in [1.807, 2.05) is 6.92 Å². The zero-order valence-corrected chi connectivity index (χ0v) is 5.97. The number of aliphatic hydroxyl groups excluding tert-OH is 2. The van der Waals surface area contributed by atoms with Crippen molar-refractivity contribution in [2.75, 3.05) is 6.61 Å². The Hall–Kier alpha value is 0.230. The molecule has 1 aliphatic rings. The van der Waals surface area contributed by atoms with Crippen LogP contribution in [0.5, 0.6) is 0 Å². The van der Waals surface area contributed by atoms with Crippen LogP contribution in [0, 0.1) is 0 Å². The van der Waals surface area contributed by atoms with Crippen LogP contribution in [0.15, 0.2) is 0 Å². The van der Waals surface area contributed by atoms with Gasteiger partial charge < -0.3 is 14.4 Å². The first kappa shape index (κ1) is 7.34. The van der Waals surface area contributed by atoms with Crippen LogP contribution >= 0.6 is 12.0 Å². The van der Waals surface area contributed by atoms with E-state index in [0.29, 0.717) is 0 Å². The van der Waals surface area contributed by atoms with Gasteiger partial charge in [0.2, 0.25) is 0 Å². The second-order valence-corrected chi connectivity index (χ2v) is 3.24. The molecule has 1 aliphatic heterocycles. The highest BCUT2D eigenvalue weighted by molar-refractivity contribution is 7.95. The molecule has 0 saturated carbocycles. The Balaban J connectivity index is 2.41. The van der Waals surface area contributed by atoms with Crippen LogP contribution in [0.25, 0.3) is 0 Å².